The van der Waals surface area contributed by atoms with Crippen LogP contribution in [0.25, 0.3) is 21.6 Å². The molecule has 0 radical (unpaired) electrons. The molecule has 0 saturated carbocycles. The smallest absolute Gasteiger partial charge is 0.197 e. The predicted molar refractivity (Wildman–Crippen MR) is 141 cm³/mol. The van der Waals surface area contributed by atoms with Crippen molar-refractivity contribution in [1.82, 2.24) is 5.32 Å². The first-order chi connectivity index (χ1) is 15.3. The van der Waals surface area contributed by atoms with Crippen LogP contribution in [-0.4, -0.2) is 5.78 Å². The van der Waals surface area contributed by atoms with E-state index in [-0.39, 0.29) is 5.78 Å². The molecule has 0 bridgehead atoms. The maximum Gasteiger partial charge on any atom is 0.197 e. The molecule has 3 aromatic heterocycles. The summed E-state index contributed by atoms with van der Waals surface area (Å²) in [5.74, 6) is 0.0507. The Labute approximate surface area is 202 Å². The van der Waals surface area contributed by atoms with Crippen LogP contribution in [0.15, 0.2) is 60.3 Å². The van der Waals surface area contributed by atoms with Crippen LogP contribution in [0.2, 0.25) is 0 Å². The van der Waals surface area contributed by atoms with Gasteiger partial charge < -0.3 is 5.32 Å². The molecule has 0 aliphatic carbocycles. The second-order valence-electron chi connectivity index (χ2n) is 8.04. The average Bonchev–Trinajstić information content (AvgIpc) is 3.43. The first-order valence-electron chi connectivity index (χ1n) is 10.6. The molecule has 4 rings (SSSR count). The van der Waals surface area contributed by atoms with E-state index in [0.29, 0.717) is 6.54 Å². The number of rotatable bonds is 7. The molecule has 0 aliphatic rings. The van der Waals surface area contributed by atoms with Gasteiger partial charge in [0, 0.05) is 53.8 Å². The summed E-state index contributed by atoms with van der Waals surface area (Å²) in [7, 11) is 0. The van der Waals surface area contributed by atoms with Gasteiger partial charge in [-0.25, -0.2) is 0 Å². The third kappa shape index (κ3) is 4.96. The Bertz CT molecular complexity index is 1220. The van der Waals surface area contributed by atoms with Gasteiger partial charge in [0.1, 0.15) is 0 Å². The lowest BCUT2D eigenvalue weighted by molar-refractivity contribution is 0.104. The Balaban J connectivity index is 1.67. The molecule has 0 saturated heterocycles. The molecule has 1 aromatic carbocycles. The Morgan fingerprint density at radius 3 is 2.06 bits per heavy atom. The molecule has 1 N–H and O–H groups in total. The molecular formula is C27H27NOS3. The second-order valence-corrected chi connectivity index (χ2v) is 12.0. The largest absolute Gasteiger partial charge is 0.384 e. The normalized spacial score (nSPS) is 11.7. The van der Waals surface area contributed by atoms with E-state index in [1.165, 1.54) is 46.6 Å². The summed E-state index contributed by atoms with van der Waals surface area (Å²) >= 11 is 5.23. The van der Waals surface area contributed by atoms with E-state index in [4.69, 9.17) is 0 Å². The van der Waals surface area contributed by atoms with E-state index >= 15 is 0 Å². The van der Waals surface area contributed by atoms with Crippen LogP contribution in [0.3, 0.4) is 0 Å². The fourth-order valence-corrected chi connectivity index (χ4v) is 6.91. The van der Waals surface area contributed by atoms with Crippen LogP contribution in [0.1, 0.15) is 41.7 Å². The van der Waals surface area contributed by atoms with E-state index in [0.717, 1.165) is 10.6 Å². The number of thiophene rings is 3. The van der Waals surface area contributed by atoms with Crippen molar-refractivity contribution >= 4 is 39.8 Å². The number of allylic oxidation sites excluding steroid dienone is 2. The van der Waals surface area contributed by atoms with Crippen LogP contribution in [-0.2, 0) is 6.54 Å². The molecule has 5 heteroatoms. The van der Waals surface area contributed by atoms with Crippen LogP contribution in [0.5, 0.6) is 0 Å². The number of hydrogen-bond acceptors (Lipinski definition) is 5. The van der Waals surface area contributed by atoms with Gasteiger partial charge in [0.05, 0.1) is 4.88 Å². The molecule has 0 amide bonds. The molecular weight excluding hydrogens is 451 g/mol. The maximum atomic E-state index is 13.2. The minimum absolute atomic E-state index is 0.0507. The standard InChI is InChI=1S/C27H27NOS3/c1-16(28-15-21-9-7-6-8-10-21)11-25(29)26-14-24(22-12-17(2)30-19(22)4)27(32-26)23-13-18(3)31-20(23)5/h6-14,28H,15H2,1-5H3/b16-11-. The summed E-state index contributed by atoms with van der Waals surface area (Å²) in [4.78, 5) is 20.3. The van der Waals surface area contributed by atoms with Crippen molar-refractivity contribution in [1.29, 1.82) is 0 Å². The summed E-state index contributed by atoms with van der Waals surface area (Å²) in [6.07, 6.45) is 1.72. The van der Waals surface area contributed by atoms with Gasteiger partial charge in [0.15, 0.2) is 5.78 Å². The van der Waals surface area contributed by atoms with Crippen molar-refractivity contribution in [2.45, 2.75) is 41.2 Å². The van der Waals surface area contributed by atoms with E-state index in [9.17, 15) is 4.79 Å². The van der Waals surface area contributed by atoms with Gasteiger partial charge in [-0.2, -0.15) is 0 Å². The zero-order valence-corrected chi connectivity index (χ0v) is 21.5. The van der Waals surface area contributed by atoms with Crippen molar-refractivity contribution < 1.29 is 4.79 Å². The lowest BCUT2D eigenvalue weighted by Gasteiger charge is -2.06. The van der Waals surface area contributed by atoms with Gasteiger partial charge in [-0.05, 0) is 63.9 Å². The lowest BCUT2D eigenvalue weighted by Crippen LogP contribution is -2.11. The minimum atomic E-state index is 0.0507. The van der Waals surface area contributed by atoms with Gasteiger partial charge in [-0.1, -0.05) is 30.3 Å². The lowest BCUT2D eigenvalue weighted by atomic mass is 10.0. The maximum absolute atomic E-state index is 13.2. The SMILES string of the molecule is C/C(=C/C(=O)c1cc(-c2cc(C)sc2C)c(-c2cc(C)sc2C)s1)NCc1ccccc1. The predicted octanol–water partition coefficient (Wildman–Crippen LogP) is 8.32. The summed E-state index contributed by atoms with van der Waals surface area (Å²) in [5, 5.41) is 3.36. The summed E-state index contributed by atoms with van der Waals surface area (Å²) in [6, 6.07) is 16.8. The van der Waals surface area contributed by atoms with Gasteiger partial charge in [-0.3, -0.25) is 4.79 Å². The third-order valence-corrected chi connectivity index (χ3v) is 8.47. The first-order valence-corrected chi connectivity index (χ1v) is 13.1. The number of benzene rings is 1. The monoisotopic (exact) mass is 477 g/mol. The topological polar surface area (TPSA) is 29.1 Å². The third-order valence-electron chi connectivity index (χ3n) is 5.35. The van der Waals surface area contributed by atoms with Crippen LogP contribution < -0.4 is 5.32 Å². The molecule has 0 spiro atoms. The Kier molecular flexibility index (Phi) is 6.79. The highest BCUT2D eigenvalue weighted by atomic mass is 32.1. The first kappa shape index (κ1) is 22.7. The Morgan fingerprint density at radius 1 is 0.844 bits per heavy atom. The molecule has 0 atom stereocenters. The second kappa shape index (κ2) is 9.57. The molecule has 4 aromatic rings. The van der Waals surface area contributed by atoms with Crippen molar-refractivity contribution in [3.8, 4) is 21.6 Å². The molecule has 0 fully saturated rings. The molecule has 0 unspecified atom stereocenters. The highest BCUT2D eigenvalue weighted by Crippen LogP contribution is 2.45. The van der Waals surface area contributed by atoms with Crippen LogP contribution >= 0.6 is 34.0 Å². The molecule has 3 heterocycles. The van der Waals surface area contributed by atoms with Gasteiger partial charge in [0.2, 0.25) is 0 Å². The number of hydrogen-bond donors (Lipinski definition) is 1. The molecule has 164 valence electrons. The van der Waals surface area contributed by atoms with Gasteiger partial charge >= 0.3 is 0 Å². The molecule has 2 nitrogen and oxygen atoms in total. The van der Waals surface area contributed by atoms with Crippen molar-refractivity contribution in [2.75, 3.05) is 0 Å². The Morgan fingerprint density at radius 2 is 1.47 bits per heavy atom. The van der Waals surface area contributed by atoms with Crippen molar-refractivity contribution in [3.63, 3.8) is 0 Å². The van der Waals surface area contributed by atoms with Gasteiger partial charge in [-0.15, -0.1) is 34.0 Å². The number of aryl methyl sites for hydroxylation is 4. The fraction of sp³-hybridized carbons (Fsp3) is 0.222. The molecule has 32 heavy (non-hydrogen) atoms. The summed E-state index contributed by atoms with van der Waals surface area (Å²) in [6.45, 7) is 11.3. The van der Waals surface area contributed by atoms with E-state index in [2.05, 4.69) is 63.3 Å². The number of nitrogens with one attached hydrogen (secondary N) is 1. The summed E-state index contributed by atoms with van der Waals surface area (Å²) < 4.78 is 0. The Hall–Kier alpha value is -2.47. The van der Waals surface area contributed by atoms with E-state index in [1.54, 1.807) is 17.4 Å². The van der Waals surface area contributed by atoms with Crippen molar-refractivity contribution in [2.24, 2.45) is 0 Å². The average molecular weight is 478 g/mol. The van der Waals surface area contributed by atoms with E-state index < -0.39 is 0 Å². The number of ketones is 1. The number of carbonyl (C=O) groups is 1. The fourth-order valence-electron chi connectivity index (χ4n) is 3.82. The van der Waals surface area contributed by atoms with Crippen LogP contribution in [0.4, 0.5) is 0 Å². The molecule has 0 aliphatic heterocycles. The zero-order valence-electron chi connectivity index (χ0n) is 19.0. The van der Waals surface area contributed by atoms with Crippen molar-refractivity contribution in [3.05, 3.63) is 90.3 Å². The highest BCUT2D eigenvalue weighted by Gasteiger charge is 2.21. The minimum Gasteiger partial charge on any atom is -0.384 e. The zero-order chi connectivity index (χ0) is 22.8. The van der Waals surface area contributed by atoms with E-state index in [1.807, 2.05) is 47.8 Å². The highest BCUT2D eigenvalue weighted by molar-refractivity contribution is 7.19. The van der Waals surface area contributed by atoms with Gasteiger partial charge in [0.25, 0.3) is 0 Å². The number of carbonyl (C=O) groups excluding carboxylic acids is 1. The quantitative estimate of drug-likeness (QED) is 0.214. The summed E-state index contributed by atoms with van der Waals surface area (Å²) in [5.41, 5.74) is 5.73. The van der Waals surface area contributed by atoms with Crippen LogP contribution in [0, 0.1) is 27.7 Å².